The molecule has 20 heavy (non-hydrogen) atoms. The zero-order valence-electron chi connectivity index (χ0n) is 11.0. The molecule has 2 aromatic rings. The Labute approximate surface area is 129 Å². The van der Waals surface area contributed by atoms with Gasteiger partial charge in [-0.3, -0.25) is 4.79 Å². The van der Waals surface area contributed by atoms with Crippen molar-refractivity contribution in [1.29, 1.82) is 0 Å². The molecule has 0 bridgehead atoms. The molecule has 0 saturated heterocycles. The quantitative estimate of drug-likeness (QED) is 0.892. The smallest absolute Gasteiger partial charge is 0.244 e. The average molecular weight is 318 g/mol. The van der Waals surface area contributed by atoms with Crippen LogP contribution in [0.5, 0.6) is 0 Å². The number of anilines is 1. The van der Waals surface area contributed by atoms with Crippen molar-refractivity contribution in [3.05, 3.63) is 24.1 Å². The number of amides is 1. The summed E-state index contributed by atoms with van der Waals surface area (Å²) < 4.78 is 5.38. The molecule has 110 valence electrons. The monoisotopic (exact) mass is 317 g/mol. The molecule has 5 nitrogen and oxygen atoms in total. The minimum absolute atomic E-state index is 0. The van der Waals surface area contributed by atoms with Gasteiger partial charge in [0.1, 0.15) is 5.52 Å². The van der Waals surface area contributed by atoms with Gasteiger partial charge in [-0.1, -0.05) is 0 Å². The minimum Gasteiger partial charge on any atom is -0.441 e. The van der Waals surface area contributed by atoms with Gasteiger partial charge >= 0.3 is 0 Å². The van der Waals surface area contributed by atoms with E-state index in [2.05, 4.69) is 10.3 Å². The van der Waals surface area contributed by atoms with Crippen LogP contribution in [-0.2, 0) is 4.79 Å². The second-order valence-electron chi connectivity index (χ2n) is 4.88. The Bertz CT molecular complexity index is 623. The van der Waals surface area contributed by atoms with E-state index in [0.717, 1.165) is 30.4 Å². The van der Waals surface area contributed by atoms with Crippen molar-refractivity contribution in [1.82, 2.24) is 4.98 Å². The highest BCUT2D eigenvalue weighted by Crippen LogP contribution is 2.30. The SMILES string of the molecule is Cc1nc2cc(NC(=O)C3(N)CCC3)ccc2o1.Cl.Cl. The van der Waals surface area contributed by atoms with E-state index in [1.807, 2.05) is 0 Å². The molecule has 1 fully saturated rings. The van der Waals surface area contributed by atoms with Crippen LogP contribution < -0.4 is 11.1 Å². The molecular weight excluding hydrogens is 301 g/mol. The number of carbonyl (C=O) groups is 1. The van der Waals surface area contributed by atoms with Crippen LogP contribution in [0.4, 0.5) is 5.69 Å². The summed E-state index contributed by atoms with van der Waals surface area (Å²) in [5.41, 5.74) is 7.44. The number of hydrogen-bond acceptors (Lipinski definition) is 4. The molecule has 1 aromatic carbocycles. The third-order valence-corrected chi connectivity index (χ3v) is 3.45. The van der Waals surface area contributed by atoms with Crippen molar-refractivity contribution in [3.8, 4) is 0 Å². The molecule has 3 rings (SSSR count). The first-order valence-electron chi connectivity index (χ1n) is 6.04. The second-order valence-corrected chi connectivity index (χ2v) is 4.88. The first-order valence-corrected chi connectivity index (χ1v) is 6.04. The number of aryl methyl sites for hydroxylation is 1. The van der Waals surface area contributed by atoms with Crippen LogP contribution in [-0.4, -0.2) is 16.4 Å². The number of rotatable bonds is 2. The van der Waals surface area contributed by atoms with Gasteiger partial charge in [0.2, 0.25) is 5.91 Å². The van der Waals surface area contributed by atoms with E-state index in [4.69, 9.17) is 10.2 Å². The molecule has 0 radical (unpaired) electrons. The van der Waals surface area contributed by atoms with E-state index in [0.29, 0.717) is 11.6 Å². The summed E-state index contributed by atoms with van der Waals surface area (Å²) in [5.74, 6) is 0.496. The van der Waals surface area contributed by atoms with Crippen molar-refractivity contribution >= 4 is 47.5 Å². The minimum atomic E-state index is -0.686. The van der Waals surface area contributed by atoms with Gasteiger partial charge in [-0.2, -0.15) is 0 Å². The number of nitrogens with two attached hydrogens (primary N) is 1. The zero-order valence-corrected chi connectivity index (χ0v) is 12.6. The van der Waals surface area contributed by atoms with Crippen LogP contribution in [0.15, 0.2) is 22.6 Å². The van der Waals surface area contributed by atoms with Gasteiger partial charge in [-0.05, 0) is 37.5 Å². The fourth-order valence-corrected chi connectivity index (χ4v) is 2.16. The third kappa shape index (κ3) is 2.90. The van der Waals surface area contributed by atoms with Gasteiger partial charge in [0, 0.05) is 12.6 Å². The van der Waals surface area contributed by atoms with Crippen molar-refractivity contribution in [2.75, 3.05) is 5.32 Å². The van der Waals surface area contributed by atoms with Crippen LogP contribution in [0.25, 0.3) is 11.1 Å². The van der Waals surface area contributed by atoms with Gasteiger partial charge in [-0.25, -0.2) is 4.98 Å². The molecule has 7 heteroatoms. The molecule has 3 N–H and O–H groups in total. The van der Waals surface area contributed by atoms with E-state index in [9.17, 15) is 4.79 Å². The van der Waals surface area contributed by atoms with E-state index in [1.54, 1.807) is 25.1 Å². The standard InChI is InChI=1S/C13H15N3O2.2ClH/c1-8-15-10-7-9(3-4-11(10)18-8)16-12(17)13(14)5-2-6-13;;/h3-4,7H,2,5-6,14H2,1H3,(H,16,17);2*1H. The zero-order chi connectivity index (χ0) is 12.8. The summed E-state index contributed by atoms with van der Waals surface area (Å²) in [6.45, 7) is 1.79. The lowest BCUT2D eigenvalue weighted by Crippen LogP contribution is -2.56. The lowest BCUT2D eigenvalue weighted by molar-refractivity contribution is -0.123. The molecule has 0 atom stereocenters. The van der Waals surface area contributed by atoms with E-state index >= 15 is 0 Å². The van der Waals surface area contributed by atoms with Crippen LogP contribution >= 0.6 is 24.8 Å². The normalized spacial score (nSPS) is 15.7. The summed E-state index contributed by atoms with van der Waals surface area (Å²) >= 11 is 0. The number of halogens is 2. The number of nitrogens with zero attached hydrogens (tertiary/aromatic N) is 1. The Hall–Kier alpha value is -1.30. The summed E-state index contributed by atoms with van der Waals surface area (Å²) in [6, 6.07) is 5.40. The molecule has 1 aliphatic carbocycles. The lowest BCUT2D eigenvalue weighted by atomic mass is 9.77. The van der Waals surface area contributed by atoms with Crippen LogP contribution in [0.2, 0.25) is 0 Å². The fraction of sp³-hybridized carbons (Fsp3) is 0.385. The van der Waals surface area contributed by atoms with Gasteiger partial charge in [-0.15, -0.1) is 24.8 Å². The van der Waals surface area contributed by atoms with Gasteiger partial charge < -0.3 is 15.5 Å². The molecular formula is C13H17Cl2N3O2. The number of aromatic nitrogens is 1. The summed E-state index contributed by atoms with van der Waals surface area (Å²) in [7, 11) is 0. The van der Waals surface area contributed by atoms with Crippen molar-refractivity contribution in [3.63, 3.8) is 0 Å². The summed E-state index contributed by atoms with van der Waals surface area (Å²) in [5, 5.41) is 2.84. The molecule has 1 amide bonds. The second kappa shape index (κ2) is 5.99. The first-order chi connectivity index (χ1) is 8.57. The highest BCUT2D eigenvalue weighted by atomic mass is 35.5. The van der Waals surface area contributed by atoms with Crippen LogP contribution in [0.3, 0.4) is 0 Å². The number of benzene rings is 1. The number of fused-ring (bicyclic) bond motifs is 1. The molecule has 1 aliphatic rings. The summed E-state index contributed by atoms with van der Waals surface area (Å²) in [6.07, 6.45) is 2.53. The van der Waals surface area contributed by atoms with Gasteiger partial charge in [0.15, 0.2) is 11.5 Å². The maximum atomic E-state index is 12.0. The molecule has 0 unspecified atom stereocenters. The lowest BCUT2D eigenvalue weighted by Gasteiger charge is -2.36. The molecule has 1 aromatic heterocycles. The highest BCUT2D eigenvalue weighted by molar-refractivity contribution is 5.99. The maximum absolute atomic E-state index is 12.0. The Morgan fingerprint density at radius 1 is 1.40 bits per heavy atom. The van der Waals surface area contributed by atoms with Gasteiger partial charge in [0.25, 0.3) is 0 Å². The van der Waals surface area contributed by atoms with E-state index in [1.165, 1.54) is 0 Å². The van der Waals surface area contributed by atoms with Crippen molar-refractivity contribution in [2.24, 2.45) is 5.73 Å². The first kappa shape index (κ1) is 16.8. The van der Waals surface area contributed by atoms with Crippen LogP contribution in [0.1, 0.15) is 25.2 Å². The number of carbonyl (C=O) groups excluding carboxylic acids is 1. The predicted molar refractivity (Wildman–Crippen MR) is 82.6 cm³/mol. The third-order valence-electron chi connectivity index (χ3n) is 3.45. The topological polar surface area (TPSA) is 81.2 Å². The molecule has 0 spiro atoms. The number of nitrogens with one attached hydrogen (secondary N) is 1. The number of oxazole rings is 1. The molecule has 0 aliphatic heterocycles. The number of hydrogen-bond donors (Lipinski definition) is 2. The predicted octanol–water partition coefficient (Wildman–Crippen LogP) is 2.80. The maximum Gasteiger partial charge on any atom is 0.244 e. The Morgan fingerprint density at radius 2 is 2.10 bits per heavy atom. The van der Waals surface area contributed by atoms with E-state index in [-0.39, 0.29) is 30.7 Å². The Balaban J connectivity index is 0.000001000. The van der Waals surface area contributed by atoms with Crippen molar-refractivity contribution in [2.45, 2.75) is 31.7 Å². The Morgan fingerprint density at radius 3 is 2.70 bits per heavy atom. The highest BCUT2D eigenvalue weighted by Gasteiger charge is 2.40. The van der Waals surface area contributed by atoms with Crippen molar-refractivity contribution < 1.29 is 9.21 Å². The molecule has 1 saturated carbocycles. The Kier molecular flexibility index (Phi) is 5.02. The largest absolute Gasteiger partial charge is 0.441 e. The van der Waals surface area contributed by atoms with Crippen LogP contribution in [0, 0.1) is 6.92 Å². The average Bonchev–Trinajstić information content (AvgIpc) is 2.65. The fourth-order valence-electron chi connectivity index (χ4n) is 2.16. The van der Waals surface area contributed by atoms with Gasteiger partial charge in [0.05, 0.1) is 5.54 Å². The van der Waals surface area contributed by atoms with E-state index < -0.39 is 5.54 Å². The molecule has 1 heterocycles. The summed E-state index contributed by atoms with van der Waals surface area (Å²) in [4.78, 5) is 16.2.